The lowest BCUT2D eigenvalue weighted by atomic mass is 10.1. The maximum atomic E-state index is 12.3. The summed E-state index contributed by atoms with van der Waals surface area (Å²) in [6.45, 7) is 5.82. The van der Waals surface area contributed by atoms with E-state index in [2.05, 4.69) is 27.5 Å². The molecule has 1 aliphatic heterocycles. The molecule has 4 nitrogen and oxygen atoms in total. The summed E-state index contributed by atoms with van der Waals surface area (Å²) in [5, 5.41) is 0. The Morgan fingerprint density at radius 2 is 2.20 bits per heavy atom. The molecule has 0 atom stereocenters. The Hall–Kier alpha value is -1.62. The number of hydrogen-bond donors (Lipinski definition) is 0. The lowest BCUT2D eigenvalue weighted by Gasteiger charge is -2.23. The molecule has 0 spiro atoms. The molecule has 1 heterocycles. The molecule has 108 valence electrons. The summed E-state index contributed by atoms with van der Waals surface area (Å²) in [5.41, 5.74) is 1.52. The lowest BCUT2D eigenvalue weighted by Crippen LogP contribution is -2.17. The van der Waals surface area contributed by atoms with Gasteiger partial charge in [-0.25, -0.2) is 0 Å². The van der Waals surface area contributed by atoms with E-state index in [-0.39, 0.29) is 5.91 Å². The molecule has 0 aromatic carbocycles. The number of amides is 1. The first-order valence-electron chi connectivity index (χ1n) is 6.44. The molecule has 0 saturated carbocycles. The Balaban J connectivity index is 3.17. The fourth-order valence-corrected chi connectivity index (χ4v) is 2.09. The van der Waals surface area contributed by atoms with Crippen LogP contribution < -0.4 is 0 Å². The second-order valence-electron chi connectivity index (χ2n) is 4.56. The molecule has 1 amide bonds. The molecule has 0 unspecified atom stereocenters. The molecular weight excluding hydrogens is 318 g/mol. The zero-order valence-electron chi connectivity index (χ0n) is 12.1. The van der Waals surface area contributed by atoms with Crippen LogP contribution in [0.15, 0.2) is 51.9 Å². The van der Waals surface area contributed by atoms with Gasteiger partial charge in [0.1, 0.15) is 0 Å². The number of allylic oxidation sites excluding steroid dienone is 3. The highest BCUT2D eigenvalue weighted by Gasteiger charge is 2.17. The highest BCUT2D eigenvalue weighted by Crippen LogP contribution is 2.25. The van der Waals surface area contributed by atoms with Gasteiger partial charge in [0.15, 0.2) is 0 Å². The number of nitrogens with zero attached hydrogens (tertiary/aromatic N) is 3. The van der Waals surface area contributed by atoms with Gasteiger partial charge in [0.25, 0.3) is 5.91 Å². The number of carbonyl (C=O) groups excluding carboxylic acids is 1. The minimum Gasteiger partial charge on any atom is -0.369 e. The van der Waals surface area contributed by atoms with E-state index in [0.29, 0.717) is 12.0 Å². The number of aliphatic imine (C=N–C) groups is 1. The average Bonchev–Trinajstić information content (AvgIpc) is 2.42. The van der Waals surface area contributed by atoms with Gasteiger partial charge in [-0.05, 0) is 34.5 Å². The van der Waals surface area contributed by atoms with Crippen molar-refractivity contribution in [3.8, 4) is 0 Å². The molecule has 0 bridgehead atoms. The van der Waals surface area contributed by atoms with Crippen LogP contribution in [0.25, 0.3) is 0 Å². The number of halogens is 1. The van der Waals surface area contributed by atoms with Crippen LogP contribution in [0.2, 0.25) is 0 Å². The second kappa shape index (κ2) is 7.85. The maximum Gasteiger partial charge on any atom is 0.276 e. The van der Waals surface area contributed by atoms with E-state index in [9.17, 15) is 4.79 Å². The third kappa shape index (κ3) is 4.49. The monoisotopic (exact) mass is 337 g/mol. The minimum atomic E-state index is -0.210. The fourth-order valence-electron chi connectivity index (χ4n) is 1.74. The molecule has 0 aromatic heterocycles. The lowest BCUT2D eigenvalue weighted by molar-refractivity contribution is -0.114. The van der Waals surface area contributed by atoms with Crippen molar-refractivity contribution < 1.29 is 4.79 Å². The van der Waals surface area contributed by atoms with Gasteiger partial charge < -0.3 is 9.80 Å². The molecular formula is C15H20BrN3O. The van der Waals surface area contributed by atoms with Gasteiger partial charge in [-0.3, -0.25) is 4.79 Å². The van der Waals surface area contributed by atoms with Crippen LogP contribution in [0.1, 0.15) is 19.8 Å². The van der Waals surface area contributed by atoms with Crippen molar-refractivity contribution in [2.24, 2.45) is 4.99 Å². The average molecular weight is 338 g/mol. The van der Waals surface area contributed by atoms with Crippen molar-refractivity contribution in [2.75, 3.05) is 14.1 Å². The highest BCUT2D eigenvalue weighted by molar-refractivity contribution is 9.11. The minimum absolute atomic E-state index is 0.210. The van der Waals surface area contributed by atoms with Gasteiger partial charge in [0, 0.05) is 36.6 Å². The van der Waals surface area contributed by atoms with E-state index in [0.717, 1.165) is 16.6 Å². The van der Waals surface area contributed by atoms with Crippen LogP contribution >= 0.6 is 15.9 Å². The SMILES string of the molecule is C=CN1C=C(Br)C=C/C1=C(/CCC)C(=O)N=CN(C)C. The van der Waals surface area contributed by atoms with Crippen LogP contribution in [0.4, 0.5) is 0 Å². The van der Waals surface area contributed by atoms with Gasteiger partial charge in [-0.1, -0.05) is 19.9 Å². The van der Waals surface area contributed by atoms with Gasteiger partial charge in [0.2, 0.25) is 0 Å². The van der Waals surface area contributed by atoms with Crippen LogP contribution in [0, 0.1) is 0 Å². The van der Waals surface area contributed by atoms with Crippen molar-refractivity contribution in [2.45, 2.75) is 19.8 Å². The van der Waals surface area contributed by atoms with Gasteiger partial charge in [-0.2, -0.15) is 4.99 Å². The van der Waals surface area contributed by atoms with Crippen LogP contribution in [-0.2, 0) is 4.79 Å². The Morgan fingerprint density at radius 3 is 2.75 bits per heavy atom. The Morgan fingerprint density at radius 1 is 1.50 bits per heavy atom. The van der Waals surface area contributed by atoms with Crippen molar-refractivity contribution in [3.05, 3.63) is 46.9 Å². The summed E-state index contributed by atoms with van der Waals surface area (Å²) >= 11 is 3.41. The first-order valence-corrected chi connectivity index (χ1v) is 7.23. The summed E-state index contributed by atoms with van der Waals surface area (Å²) in [6.07, 6.45) is 10.5. The van der Waals surface area contributed by atoms with Crippen molar-refractivity contribution in [3.63, 3.8) is 0 Å². The van der Waals surface area contributed by atoms with Crippen molar-refractivity contribution in [1.82, 2.24) is 9.80 Å². The summed E-state index contributed by atoms with van der Waals surface area (Å²) in [5.74, 6) is -0.210. The van der Waals surface area contributed by atoms with E-state index in [1.54, 1.807) is 11.1 Å². The Kier molecular flexibility index (Phi) is 6.45. The number of hydrogen-bond acceptors (Lipinski definition) is 2. The molecule has 0 aromatic rings. The highest BCUT2D eigenvalue weighted by atomic mass is 79.9. The first kappa shape index (κ1) is 16.4. The van der Waals surface area contributed by atoms with Crippen LogP contribution in [0.5, 0.6) is 0 Å². The summed E-state index contributed by atoms with van der Waals surface area (Å²) in [7, 11) is 3.67. The molecule has 20 heavy (non-hydrogen) atoms. The maximum absolute atomic E-state index is 12.3. The number of rotatable bonds is 5. The summed E-state index contributed by atoms with van der Waals surface area (Å²) < 4.78 is 0.932. The predicted molar refractivity (Wildman–Crippen MR) is 87.3 cm³/mol. The van der Waals surface area contributed by atoms with Gasteiger partial charge in [0.05, 0.1) is 12.0 Å². The molecule has 0 fully saturated rings. The molecule has 1 aliphatic rings. The van der Waals surface area contributed by atoms with Gasteiger partial charge >= 0.3 is 0 Å². The standard InChI is InChI=1S/C15H20BrN3O/c1-5-7-13(15(20)17-11-18(3)4)14-9-8-12(16)10-19(14)6-2/h6,8-11H,2,5,7H2,1,3-4H3/b14-13+,17-11?. The molecule has 1 rings (SSSR count). The summed E-state index contributed by atoms with van der Waals surface area (Å²) in [6, 6.07) is 0. The largest absolute Gasteiger partial charge is 0.369 e. The second-order valence-corrected chi connectivity index (χ2v) is 5.48. The quantitative estimate of drug-likeness (QED) is 0.438. The smallest absolute Gasteiger partial charge is 0.276 e. The molecule has 0 aliphatic carbocycles. The van der Waals surface area contributed by atoms with E-state index in [1.807, 2.05) is 44.3 Å². The zero-order valence-corrected chi connectivity index (χ0v) is 13.7. The van der Waals surface area contributed by atoms with Crippen LogP contribution in [-0.4, -0.2) is 36.1 Å². The molecule has 0 radical (unpaired) electrons. The topological polar surface area (TPSA) is 35.9 Å². The predicted octanol–water partition coefficient (Wildman–Crippen LogP) is 3.41. The van der Waals surface area contributed by atoms with Crippen LogP contribution in [0.3, 0.4) is 0 Å². The molecule has 0 N–H and O–H groups in total. The van der Waals surface area contributed by atoms with E-state index < -0.39 is 0 Å². The normalized spacial score (nSPS) is 17.2. The van der Waals surface area contributed by atoms with Crippen molar-refractivity contribution in [1.29, 1.82) is 0 Å². The summed E-state index contributed by atoms with van der Waals surface area (Å²) in [4.78, 5) is 19.8. The number of carbonyl (C=O) groups is 1. The van der Waals surface area contributed by atoms with E-state index >= 15 is 0 Å². The van der Waals surface area contributed by atoms with Crippen molar-refractivity contribution >= 4 is 28.2 Å². The Bertz CT molecular complexity index is 501. The molecule has 0 saturated heterocycles. The van der Waals surface area contributed by atoms with E-state index in [4.69, 9.17) is 0 Å². The zero-order chi connectivity index (χ0) is 15.1. The first-order chi connectivity index (χ1) is 9.49. The fraction of sp³-hybridized carbons (Fsp3) is 0.333. The van der Waals surface area contributed by atoms with Gasteiger partial charge in [-0.15, -0.1) is 0 Å². The Labute approximate surface area is 129 Å². The molecule has 5 heteroatoms. The van der Waals surface area contributed by atoms with E-state index in [1.165, 1.54) is 6.34 Å². The third-order valence-corrected chi connectivity index (χ3v) is 3.08. The third-order valence-electron chi connectivity index (χ3n) is 2.61.